The number of carbonyl (C=O) groups excluding carboxylic acids is 2. The van der Waals surface area contributed by atoms with Crippen molar-refractivity contribution in [1.29, 1.82) is 0 Å². The number of quaternary nitrogens is 2. The Morgan fingerprint density at radius 2 is 1.00 bits per heavy atom. The number of rotatable bonds is 16. The zero-order valence-electron chi connectivity index (χ0n) is 30.4. The van der Waals surface area contributed by atoms with Gasteiger partial charge in [0.25, 0.3) is 10.1 Å². The first kappa shape index (κ1) is 47.1. The van der Waals surface area contributed by atoms with Crippen LogP contribution in [0.25, 0.3) is 0 Å². The normalized spacial score (nSPS) is 16.3. The van der Waals surface area contributed by atoms with E-state index in [1.165, 1.54) is 0 Å². The Bertz CT molecular complexity index is 883. The third-order valence-corrected chi connectivity index (χ3v) is 8.29. The summed E-state index contributed by atoms with van der Waals surface area (Å²) in [6.45, 7) is 18.3. The Morgan fingerprint density at radius 1 is 0.705 bits per heavy atom. The average molecular weight is 657 g/mol. The third-order valence-electron chi connectivity index (χ3n) is 7.05. The molecule has 11 nitrogen and oxygen atoms in total. The Kier molecular flexibility index (Phi) is 20.7. The van der Waals surface area contributed by atoms with Crippen LogP contribution < -0.4 is 10.2 Å². The fourth-order valence-electron chi connectivity index (χ4n) is 5.23. The highest BCUT2D eigenvalue weighted by atomic mass is 32.2. The van der Waals surface area contributed by atoms with E-state index in [1.807, 2.05) is 55.4 Å². The molecule has 0 radical (unpaired) electrons. The van der Waals surface area contributed by atoms with Crippen LogP contribution in [0.15, 0.2) is 0 Å². The second-order valence-corrected chi connectivity index (χ2v) is 18.5. The van der Waals surface area contributed by atoms with Crippen LogP contribution in [0.4, 0.5) is 0 Å². The minimum absolute atomic E-state index is 0.0262. The van der Waals surface area contributed by atoms with Gasteiger partial charge in [-0.15, -0.1) is 0 Å². The van der Waals surface area contributed by atoms with Gasteiger partial charge in [0.05, 0.1) is 61.5 Å². The van der Waals surface area contributed by atoms with E-state index in [0.29, 0.717) is 0 Å². The second-order valence-electron chi connectivity index (χ2n) is 16.9. The molecule has 0 aliphatic heterocycles. The summed E-state index contributed by atoms with van der Waals surface area (Å²) in [5.74, 6) is -3.84. The molecule has 0 amide bonds. The summed E-state index contributed by atoms with van der Waals surface area (Å²) >= 11 is 0. The lowest BCUT2D eigenvalue weighted by atomic mass is 9.71. The van der Waals surface area contributed by atoms with Crippen LogP contribution in [0.2, 0.25) is 0 Å². The SMILES string of the molecule is CC(CCC(CCC(C)CC(C)(C)C)(C(=O)[O-])C(C(=O)[O-])S(=O)(=O)O)CC(C)(C)C.C[N+](C)(C)CCO.C[N+](C)(C)CCO. The maximum atomic E-state index is 12.2. The molecule has 0 aliphatic carbocycles. The Morgan fingerprint density at radius 3 is 1.14 bits per heavy atom. The molecule has 0 aromatic carbocycles. The lowest BCUT2D eigenvalue weighted by Crippen LogP contribution is -2.59. The molecule has 0 saturated carbocycles. The van der Waals surface area contributed by atoms with Gasteiger partial charge in [0.15, 0.2) is 0 Å². The number of aliphatic hydroxyl groups is 2. The molecule has 0 bridgehead atoms. The lowest BCUT2D eigenvalue weighted by molar-refractivity contribution is -0.870. The fraction of sp³-hybridized carbons (Fsp3) is 0.938. The van der Waals surface area contributed by atoms with Crippen molar-refractivity contribution in [2.75, 3.05) is 68.6 Å². The minimum Gasteiger partial charge on any atom is -0.549 e. The van der Waals surface area contributed by atoms with Crippen LogP contribution in [0.3, 0.4) is 0 Å². The molecular formula is C32H68N2O9S. The fourth-order valence-corrected chi connectivity index (χ4v) is 6.38. The van der Waals surface area contributed by atoms with Crippen LogP contribution >= 0.6 is 0 Å². The van der Waals surface area contributed by atoms with Gasteiger partial charge in [-0.1, -0.05) is 55.4 Å². The summed E-state index contributed by atoms with van der Waals surface area (Å²) < 4.78 is 35.1. The number of carboxylic acid groups (broad SMARTS) is 2. The molecule has 0 rings (SSSR count). The van der Waals surface area contributed by atoms with Gasteiger partial charge in [0.1, 0.15) is 18.3 Å². The predicted octanol–water partition coefficient (Wildman–Crippen LogP) is 1.80. The maximum Gasteiger partial charge on any atom is 0.274 e. The Hall–Kier alpha value is -1.31. The molecular weight excluding hydrogens is 588 g/mol. The number of hydrogen-bond donors (Lipinski definition) is 3. The number of nitrogens with zero attached hydrogens (tertiary/aromatic N) is 2. The molecule has 44 heavy (non-hydrogen) atoms. The highest BCUT2D eigenvalue weighted by molar-refractivity contribution is 7.87. The summed E-state index contributed by atoms with van der Waals surface area (Å²) in [7, 11) is 7.10. The van der Waals surface area contributed by atoms with Crippen molar-refractivity contribution >= 4 is 22.1 Å². The van der Waals surface area contributed by atoms with Crippen LogP contribution in [-0.4, -0.2) is 118 Å². The molecule has 0 spiro atoms. The van der Waals surface area contributed by atoms with E-state index in [1.54, 1.807) is 0 Å². The van der Waals surface area contributed by atoms with E-state index in [4.69, 9.17) is 10.2 Å². The summed E-state index contributed by atoms with van der Waals surface area (Å²) in [4.78, 5) is 23.9. The summed E-state index contributed by atoms with van der Waals surface area (Å²) in [5, 5.41) is 38.1. The first-order valence-electron chi connectivity index (χ1n) is 15.5. The number of aliphatic carboxylic acids is 2. The number of likely N-dealkylation sites (N-methyl/N-ethyl adjacent to an activating group) is 2. The van der Waals surface area contributed by atoms with Gasteiger partial charge in [-0.25, -0.2) is 0 Å². The van der Waals surface area contributed by atoms with E-state index in [-0.39, 0.29) is 61.6 Å². The van der Waals surface area contributed by atoms with Gasteiger partial charge in [0, 0.05) is 11.4 Å². The van der Waals surface area contributed by atoms with Crippen molar-refractivity contribution in [1.82, 2.24) is 0 Å². The third kappa shape index (κ3) is 24.9. The van der Waals surface area contributed by atoms with Crippen molar-refractivity contribution in [3.63, 3.8) is 0 Å². The molecule has 0 aromatic rings. The summed E-state index contributed by atoms with van der Waals surface area (Å²) in [5.41, 5.74) is -2.31. The quantitative estimate of drug-likeness (QED) is 0.165. The number of carboxylic acids is 2. The first-order valence-corrected chi connectivity index (χ1v) is 17.0. The Labute approximate surface area is 269 Å². The number of aliphatic hydroxyl groups excluding tert-OH is 2. The molecule has 266 valence electrons. The van der Waals surface area contributed by atoms with Crippen LogP contribution in [0.5, 0.6) is 0 Å². The van der Waals surface area contributed by atoms with Crippen molar-refractivity contribution in [3.05, 3.63) is 0 Å². The molecule has 3 unspecified atom stereocenters. The van der Waals surface area contributed by atoms with Crippen molar-refractivity contribution in [2.45, 2.75) is 99.2 Å². The zero-order valence-corrected chi connectivity index (χ0v) is 31.2. The monoisotopic (exact) mass is 656 g/mol. The lowest BCUT2D eigenvalue weighted by Gasteiger charge is -2.42. The van der Waals surface area contributed by atoms with E-state index in [2.05, 4.69) is 42.3 Å². The molecule has 0 aromatic heterocycles. The van der Waals surface area contributed by atoms with Crippen molar-refractivity contribution in [2.24, 2.45) is 28.1 Å². The number of carbonyl (C=O) groups is 2. The van der Waals surface area contributed by atoms with E-state index in [9.17, 15) is 32.8 Å². The standard InChI is InChI=1S/C22H42O7S.2C5H14NO/c1-15(13-20(3,4)5)9-11-22(19(25)26,17(18(23)24)30(27,28)29)12-10-16(2)14-21(6,7)8;2*1-6(2,3)4-5-7/h15-17H,9-14H2,1-8H3,(H,23,24)(H,25,26)(H,27,28,29);2*7H,4-5H2,1-3H3/q;2*+1/p-2. The van der Waals surface area contributed by atoms with Gasteiger partial charge in [-0.2, -0.15) is 8.42 Å². The van der Waals surface area contributed by atoms with Crippen molar-refractivity contribution < 1.29 is 52.0 Å². The highest BCUT2D eigenvalue weighted by Crippen LogP contribution is 2.41. The molecule has 3 N–H and O–H groups in total. The van der Waals surface area contributed by atoms with Gasteiger partial charge in [0.2, 0.25) is 0 Å². The van der Waals surface area contributed by atoms with Gasteiger partial charge in [-0.05, 0) is 61.2 Å². The molecule has 0 heterocycles. The summed E-state index contributed by atoms with van der Waals surface area (Å²) in [6, 6.07) is 0. The van der Waals surface area contributed by atoms with E-state index < -0.39 is 32.7 Å². The second kappa shape index (κ2) is 19.4. The van der Waals surface area contributed by atoms with Gasteiger partial charge in [-0.3, -0.25) is 4.55 Å². The van der Waals surface area contributed by atoms with Gasteiger partial charge >= 0.3 is 0 Å². The summed E-state index contributed by atoms with van der Waals surface area (Å²) in [6.07, 6.45) is 1.62. The van der Waals surface area contributed by atoms with E-state index >= 15 is 0 Å². The van der Waals surface area contributed by atoms with Gasteiger partial charge < -0.3 is 39.0 Å². The average Bonchev–Trinajstić information content (AvgIpc) is 2.71. The number of hydrogen-bond acceptors (Lipinski definition) is 8. The predicted molar refractivity (Wildman–Crippen MR) is 173 cm³/mol. The van der Waals surface area contributed by atoms with E-state index in [0.717, 1.165) is 34.9 Å². The van der Waals surface area contributed by atoms with Crippen molar-refractivity contribution in [3.8, 4) is 0 Å². The van der Waals surface area contributed by atoms with Crippen LogP contribution in [-0.2, 0) is 19.7 Å². The largest absolute Gasteiger partial charge is 0.549 e. The van der Waals surface area contributed by atoms with Crippen LogP contribution in [0, 0.1) is 28.1 Å². The van der Waals surface area contributed by atoms with Crippen LogP contribution in [0.1, 0.15) is 93.9 Å². The minimum atomic E-state index is -5.22. The highest BCUT2D eigenvalue weighted by Gasteiger charge is 2.48. The topological polar surface area (TPSA) is 175 Å². The molecule has 0 fully saturated rings. The molecule has 12 heteroatoms. The Balaban J connectivity index is -0.000000982. The first-order chi connectivity index (χ1) is 19.3. The molecule has 3 atom stereocenters. The smallest absolute Gasteiger partial charge is 0.274 e. The zero-order chi connectivity index (χ0) is 36.0. The maximum absolute atomic E-state index is 12.2. The molecule has 0 saturated heterocycles. The molecule has 0 aliphatic rings.